The number of allylic oxidation sites excluding steroid dienone is 1. The molecule has 0 aromatic heterocycles. The van der Waals surface area contributed by atoms with Crippen molar-refractivity contribution in [3.63, 3.8) is 0 Å². The molecule has 0 fully saturated rings. The lowest BCUT2D eigenvalue weighted by molar-refractivity contribution is -0.152. The van der Waals surface area contributed by atoms with Crippen molar-refractivity contribution >= 4 is 5.57 Å². The minimum Gasteiger partial charge on any atom is -0.489 e. The summed E-state index contributed by atoms with van der Waals surface area (Å²) in [6.45, 7) is 6.05. The average Bonchev–Trinajstić information content (AvgIpc) is 2.87. The van der Waals surface area contributed by atoms with Crippen LogP contribution in [0.25, 0.3) is 5.57 Å². The molecule has 4 heteroatoms. The molecule has 0 saturated carbocycles. The Balaban J connectivity index is 1.41. The maximum absolute atomic E-state index is 6.04. The zero-order chi connectivity index (χ0) is 22.9. The Labute approximate surface area is 196 Å². The summed E-state index contributed by atoms with van der Waals surface area (Å²) in [5, 5.41) is 0. The molecule has 4 rings (SSSR count). The lowest BCUT2D eigenvalue weighted by Crippen LogP contribution is -2.25. The van der Waals surface area contributed by atoms with Gasteiger partial charge >= 0.3 is 0 Å². The van der Waals surface area contributed by atoms with E-state index in [1.807, 2.05) is 44.2 Å². The molecule has 3 aromatic carbocycles. The van der Waals surface area contributed by atoms with E-state index in [0.717, 1.165) is 24.3 Å². The van der Waals surface area contributed by atoms with Crippen molar-refractivity contribution in [3.05, 3.63) is 101 Å². The summed E-state index contributed by atoms with van der Waals surface area (Å²) in [6.07, 6.45) is 4.03. The first kappa shape index (κ1) is 23.1. The summed E-state index contributed by atoms with van der Waals surface area (Å²) in [5.41, 5.74) is 6.22. The van der Waals surface area contributed by atoms with Crippen LogP contribution in [0.1, 0.15) is 42.5 Å². The van der Waals surface area contributed by atoms with E-state index in [-0.39, 0.29) is 6.29 Å². The Bertz CT molecular complexity index is 1030. The van der Waals surface area contributed by atoms with Gasteiger partial charge in [0, 0.05) is 13.2 Å². The summed E-state index contributed by atoms with van der Waals surface area (Å²) in [6, 6.07) is 25.0. The predicted molar refractivity (Wildman–Crippen MR) is 132 cm³/mol. The third kappa shape index (κ3) is 6.25. The van der Waals surface area contributed by atoms with E-state index in [2.05, 4.69) is 48.5 Å². The van der Waals surface area contributed by atoms with E-state index < -0.39 is 0 Å². The molecule has 0 aliphatic heterocycles. The van der Waals surface area contributed by atoms with Gasteiger partial charge in [0.1, 0.15) is 24.7 Å². The minimum absolute atomic E-state index is 0.342. The Morgan fingerprint density at radius 2 is 1.52 bits per heavy atom. The molecule has 0 N–H and O–H groups in total. The van der Waals surface area contributed by atoms with E-state index in [1.165, 1.54) is 27.8 Å². The van der Waals surface area contributed by atoms with Crippen LogP contribution in [0.4, 0.5) is 0 Å². The minimum atomic E-state index is -0.342. The first-order valence-electron chi connectivity index (χ1n) is 11.7. The molecule has 0 spiro atoms. The standard InChI is InChI=1S/C29H32O4/c1-3-30-29(31-4-2)21-33-25-15-13-23(14-16-25)27-12-8-11-24-19-26(17-18-28(24)27)32-20-22-9-6-5-7-10-22/h5-7,9-10,12-19,29H,3-4,8,11,20-21H2,1-2H3. The largest absolute Gasteiger partial charge is 0.489 e. The second-order valence-corrected chi connectivity index (χ2v) is 7.93. The molecule has 0 radical (unpaired) electrons. The average molecular weight is 445 g/mol. The van der Waals surface area contributed by atoms with Gasteiger partial charge in [-0.15, -0.1) is 0 Å². The molecule has 172 valence electrons. The smallest absolute Gasteiger partial charge is 0.191 e. The predicted octanol–water partition coefficient (Wildman–Crippen LogP) is 6.42. The van der Waals surface area contributed by atoms with Gasteiger partial charge in [-0.2, -0.15) is 0 Å². The number of hydrogen-bond acceptors (Lipinski definition) is 4. The lowest BCUT2D eigenvalue weighted by atomic mass is 9.87. The van der Waals surface area contributed by atoms with Gasteiger partial charge in [-0.05, 0) is 78.8 Å². The van der Waals surface area contributed by atoms with Crippen LogP contribution in [-0.4, -0.2) is 26.1 Å². The van der Waals surface area contributed by atoms with Gasteiger partial charge in [-0.3, -0.25) is 0 Å². The number of rotatable bonds is 11. The number of ether oxygens (including phenoxy) is 4. The topological polar surface area (TPSA) is 36.9 Å². The third-order valence-corrected chi connectivity index (χ3v) is 5.63. The number of fused-ring (bicyclic) bond motifs is 1. The van der Waals surface area contributed by atoms with Crippen LogP contribution in [0.3, 0.4) is 0 Å². The van der Waals surface area contributed by atoms with Crippen LogP contribution in [0.5, 0.6) is 11.5 Å². The molecule has 3 aromatic rings. The summed E-state index contributed by atoms with van der Waals surface area (Å²) in [4.78, 5) is 0. The molecule has 1 aliphatic carbocycles. The molecule has 0 bridgehead atoms. The van der Waals surface area contributed by atoms with Gasteiger partial charge < -0.3 is 18.9 Å². The van der Waals surface area contributed by atoms with Crippen molar-refractivity contribution in [2.45, 2.75) is 39.6 Å². The van der Waals surface area contributed by atoms with E-state index in [9.17, 15) is 0 Å². The monoisotopic (exact) mass is 444 g/mol. The zero-order valence-corrected chi connectivity index (χ0v) is 19.5. The molecule has 1 aliphatic rings. The Morgan fingerprint density at radius 1 is 0.788 bits per heavy atom. The van der Waals surface area contributed by atoms with Crippen LogP contribution in [-0.2, 0) is 22.5 Å². The normalized spacial score (nSPS) is 12.9. The maximum atomic E-state index is 6.04. The summed E-state index contributed by atoms with van der Waals surface area (Å²) in [7, 11) is 0. The summed E-state index contributed by atoms with van der Waals surface area (Å²) < 4.78 is 23.0. The lowest BCUT2D eigenvalue weighted by Gasteiger charge is -2.20. The van der Waals surface area contributed by atoms with Crippen LogP contribution in [0.2, 0.25) is 0 Å². The van der Waals surface area contributed by atoms with E-state index in [0.29, 0.717) is 26.4 Å². The Morgan fingerprint density at radius 3 is 2.24 bits per heavy atom. The van der Waals surface area contributed by atoms with Gasteiger partial charge in [0.25, 0.3) is 0 Å². The number of benzene rings is 3. The highest BCUT2D eigenvalue weighted by atomic mass is 16.7. The third-order valence-electron chi connectivity index (χ3n) is 5.63. The zero-order valence-electron chi connectivity index (χ0n) is 19.5. The summed E-state index contributed by atoms with van der Waals surface area (Å²) >= 11 is 0. The SMILES string of the molecule is CCOC(COc1ccc(C2=CCCc3cc(OCc4ccccc4)ccc32)cc1)OCC. The van der Waals surface area contributed by atoms with Crippen molar-refractivity contribution in [3.8, 4) is 11.5 Å². The number of aryl methyl sites for hydroxylation is 1. The van der Waals surface area contributed by atoms with Crippen LogP contribution < -0.4 is 9.47 Å². The van der Waals surface area contributed by atoms with Gasteiger partial charge in [-0.25, -0.2) is 0 Å². The Hall–Kier alpha value is -3.08. The van der Waals surface area contributed by atoms with Crippen LogP contribution in [0, 0.1) is 0 Å². The highest BCUT2D eigenvalue weighted by molar-refractivity contribution is 5.83. The quantitative estimate of drug-likeness (QED) is 0.320. The van der Waals surface area contributed by atoms with Gasteiger partial charge in [0.05, 0.1) is 0 Å². The fraction of sp³-hybridized carbons (Fsp3) is 0.310. The van der Waals surface area contributed by atoms with Crippen molar-refractivity contribution < 1.29 is 18.9 Å². The van der Waals surface area contributed by atoms with E-state index >= 15 is 0 Å². The van der Waals surface area contributed by atoms with E-state index in [1.54, 1.807) is 0 Å². The molecule has 0 amide bonds. The molecule has 0 saturated heterocycles. The fourth-order valence-electron chi connectivity index (χ4n) is 4.04. The fourth-order valence-corrected chi connectivity index (χ4v) is 4.04. The Kier molecular flexibility index (Phi) is 8.18. The second-order valence-electron chi connectivity index (χ2n) is 7.93. The molecular weight excluding hydrogens is 412 g/mol. The van der Waals surface area contributed by atoms with Crippen molar-refractivity contribution in [1.29, 1.82) is 0 Å². The van der Waals surface area contributed by atoms with Crippen LogP contribution in [0.15, 0.2) is 78.9 Å². The molecule has 0 atom stereocenters. The number of hydrogen-bond donors (Lipinski definition) is 0. The molecule has 0 heterocycles. The van der Waals surface area contributed by atoms with Gasteiger partial charge in [-0.1, -0.05) is 54.6 Å². The van der Waals surface area contributed by atoms with Gasteiger partial charge in [0.2, 0.25) is 0 Å². The first-order chi connectivity index (χ1) is 16.3. The van der Waals surface area contributed by atoms with Crippen molar-refractivity contribution in [1.82, 2.24) is 0 Å². The molecule has 4 nitrogen and oxygen atoms in total. The highest BCUT2D eigenvalue weighted by Gasteiger charge is 2.16. The summed E-state index contributed by atoms with van der Waals surface area (Å²) in [5.74, 6) is 1.73. The second kappa shape index (κ2) is 11.7. The molecule has 0 unspecified atom stereocenters. The first-order valence-corrected chi connectivity index (χ1v) is 11.7. The van der Waals surface area contributed by atoms with Crippen molar-refractivity contribution in [2.24, 2.45) is 0 Å². The molecule has 33 heavy (non-hydrogen) atoms. The van der Waals surface area contributed by atoms with E-state index in [4.69, 9.17) is 18.9 Å². The maximum Gasteiger partial charge on any atom is 0.191 e. The van der Waals surface area contributed by atoms with Gasteiger partial charge in [0.15, 0.2) is 6.29 Å². The molecular formula is C29H32O4. The van der Waals surface area contributed by atoms with Crippen LogP contribution >= 0.6 is 0 Å². The highest BCUT2D eigenvalue weighted by Crippen LogP contribution is 2.34. The van der Waals surface area contributed by atoms with Crippen molar-refractivity contribution in [2.75, 3.05) is 19.8 Å².